The number of fused-ring (bicyclic) bond motifs is 3. The van der Waals surface area contributed by atoms with Crippen molar-refractivity contribution in [2.24, 2.45) is 0 Å². The first kappa shape index (κ1) is 19.0. The molecule has 29 heavy (non-hydrogen) atoms. The summed E-state index contributed by atoms with van der Waals surface area (Å²) in [4.78, 5) is 24.9. The van der Waals surface area contributed by atoms with Crippen LogP contribution in [0.25, 0.3) is 16.6 Å². The van der Waals surface area contributed by atoms with E-state index in [1.807, 2.05) is 32.0 Å². The molecule has 152 valence electrons. The maximum atomic E-state index is 12.7. The fourth-order valence-corrected chi connectivity index (χ4v) is 3.60. The van der Waals surface area contributed by atoms with Crippen LogP contribution in [0.4, 0.5) is 0 Å². The highest BCUT2D eigenvalue weighted by Crippen LogP contribution is 2.20. The second-order valence-electron chi connectivity index (χ2n) is 7.30. The number of hydrogen-bond acceptors (Lipinski definition) is 5. The Hall–Kier alpha value is -3.29. The van der Waals surface area contributed by atoms with Crippen LogP contribution in [0, 0.1) is 6.92 Å². The Morgan fingerprint density at radius 3 is 2.90 bits per heavy atom. The Kier molecular flexibility index (Phi) is 5.24. The third kappa shape index (κ3) is 3.96. The van der Waals surface area contributed by atoms with Gasteiger partial charge in [-0.2, -0.15) is 5.10 Å². The van der Waals surface area contributed by atoms with Crippen molar-refractivity contribution in [1.82, 2.24) is 19.5 Å². The van der Waals surface area contributed by atoms with Crippen LogP contribution < -0.4 is 10.9 Å². The molecular formula is C21H24N4O4. The predicted molar refractivity (Wildman–Crippen MR) is 108 cm³/mol. The first-order valence-corrected chi connectivity index (χ1v) is 9.81. The number of aryl methyl sites for hydroxylation is 3. The number of nitrogens with zero attached hydrogens (tertiary/aromatic N) is 3. The average Bonchev–Trinajstić information content (AvgIpc) is 3.40. The minimum atomic E-state index is -0.186. The summed E-state index contributed by atoms with van der Waals surface area (Å²) < 4.78 is 13.9. The zero-order valence-corrected chi connectivity index (χ0v) is 16.6. The van der Waals surface area contributed by atoms with Crippen LogP contribution in [-0.4, -0.2) is 26.1 Å². The molecule has 1 unspecified atom stereocenters. The summed E-state index contributed by atoms with van der Waals surface area (Å²) in [6, 6.07) is 7.40. The number of aromatic nitrogens is 3. The smallest absolute Gasteiger partial charge is 0.291 e. The van der Waals surface area contributed by atoms with Gasteiger partial charge in [-0.15, -0.1) is 0 Å². The lowest BCUT2D eigenvalue weighted by atomic mass is 10.1. The molecule has 8 nitrogen and oxygen atoms in total. The first-order valence-electron chi connectivity index (χ1n) is 9.81. The molecule has 8 heteroatoms. The molecule has 0 aromatic carbocycles. The number of carbonyl (C=O) groups is 1. The highest BCUT2D eigenvalue weighted by atomic mass is 16.3. The normalized spacial score (nSPS) is 12.6. The van der Waals surface area contributed by atoms with Crippen molar-refractivity contribution in [1.29, 1.82) is 0 Å². The molecule has 0 aliphatic rings. The molecule has 1 N–H and O–H groups in total. The highest BCUT2D eigenvalue weighted by molar-refractivity contribution is 5.82. The van der Waals surface area contributed by atoms with E-state index < -0.39 is 0 Å². The Morgan fingerprint density at radius 1 is 1.24 bits per heavy atom. The van der Waals surface area contributed by atoms with Crippen molar-refractivity contribution in [2.75, 3.05) is 0 Å². The lowest BCUT2D eigenvalue weighted by Gasteiger charge is -2.13. The maximum Gasteiger partial charge on any atom is 0.291 e. The van der Waals surface area contributed by atoms with E-state index >= 15 is 0 Å². The molecule has 4 aromatic rings. The van der Waals surface area contributed by atoms with Crippen LogP contribution in [0.5, 0.6) is 0 Å². The largest absolute Gasteiger partial charge is 0.469 e. The molecule has 4 aromatic heterocycles. The summed E-state index contributed by atoms with van der Waals surface area (Å²) in [6.45, 7) is 4.21. The second kappa shape index (κ2) is 7.98. The summed E-state index contributed by atoms with van der Waals surface area (Å²) in [6.07, 6.45) is 5.72. The first-order chi connectivity index (χ1) is 14.0. The van der Waals surface area contributed by atoms with Gasteiger partial charge in [0, 0.05) is 37.6 Å². The maximum absolute atomic E-state index is 12.7. The predicted octanol–water partition coefficient (Wildman–Crippen LogP) is 3.06. The monoisotopic (exact) mass is 396 g/mol. The second-order valence-corrected chi connectivity index (χ2v) is 7.30. The molecular weight excluding hydrogens is 372 g/mol. The Morgan fingerprint density at radius 2 is 2.10 bits per heavy atom. The molecule has 1 amide bonds. The summed E-state index contributed by atoms with van der Waals surface area (Å²) in [5, 5.41) is 7.40. The number of furan rings is 2. The van der Waals surface area contributed by atoms with Gasteiger partial charge < -0.3 is 14.2 Å². The Labute approximate surface area is 167 Å². The van der Waals surface area contributed by atoms with E-state index in [9.17, 15) is 9.59 Å². The molecule has 0 radical (unpaired) electrons. The van der Waals surface area contributed by atoms with Crippen molar-refractivity contribution in [2.45, 2.75) is 52.1 Å². The van der Waals surface area contributed by atoms with Gasteiger partial charge in [-0.05, 0) is 38.8 Å². The van der Waals surface area contributed by atoms with Crippen LogP contribution in [0.2, 0.25) is 0 Å². The molecule has 0 saturated carbocycles. The van der Waals surface area contributed by atoms with Crippen molar-refractivity contribution >= 4 is 22.5 Å². The zero-order valence-electron chi connectivity index (χ0n) is 16.6. The third-order valence-electron chi connectivity index (χ3n) is 5.05. The van der Waals surface area contributed by atoms with Gasteiger partial charge in [0.1, 0.15) is 17.1 Å². The summed E-state index contributed by atoms with van der Waals surface area (Å²) >= 11 is 0. The van der Waals surface area contributed by atoms with Crippen molar-refractivity contribution in [3.8, 4) is 0 Å². The van der Waals surface area contributed by atoms with Gasteiger partial charge >= 0.3 is 0 Å². The van der Waals surface area contributed by atoms with E-state index in [0.717, 1.165) is 24.1 Å². The van der Waals surface area contributed by atoms with Crippen molar-refractivity contribution in [3.05, 3.63) is 58.7 Å². The summed E-state index contributed by atoms with van der Waals surface area (Å²) in [5.74, 6) is 1.59. The third-order valence-corrected chi connectivity index (χ3v) is 5.05. The van der Waals surface area contributed by atoms with E-state index in [2.05, 4.69) is 10.4 Å². The van der Waals surface area contributed by atoms with Gasteiger partial charge in [0.05, 0.1) is 18.0 Å². The average molecular weight is 396 g/mol. The van der Waals surface area contributed by atoms with Crippen molar-refractivity contribution < 1.29 is 13.6 Å². The quantitative estimate of drug-likeness (QED) is 0.494. The van der Waals surface area contributed by atoms with Gasteiger partial charge in [-0.1, -0.05) is 0 Å². The molecule has 0 fully saturated rings. The summed E-state index contributed by atoms with van der Waals surface area (Å²) in [7, 11) is 0. The van der Waals surface area contributed by atoms with Crippen LogP contribution >= 0.6 is 0 Å². The van der Waals surface area contributed by atoms with Gasteiger partial charge in [0.25, 0.3) is 5.56 Å². The van der Waals surface area contributed by atoms with E-state index in [1.54, 1.807) is 23.0 Å². The zero-order chi connectivity index (χ0) is 20.4. The van der Waals surface area contributed by atoms with E-state index in [4.69, 9.17) is 8.83 Å². The minimum absolute atomic E-state index is 0.0250. The highest BCUT2D eigenvalue weighted by Gasteiger charge is 2.14. The molecule has 0 aliphatic carbocycles. The van der Waals surface area contributed by atoms with E-state index in [-0.39, 0.29) is 17.5 Å². The van der Waals surface area contributed by atoms with Gasteiger partial charge in [-0.25, -0.2) is 4.68 Å². The van der Waals surface area contributed by atoms with Gasteiger partial charge in [0.2, 0.25) is 5.91 Å². The Bertz CT molecular complexity index is 1180. The topological polar surface area (TPSA) is 94.7 Å². The van der Waals surface area contributed by atoms with E-state index in [1.165, 1.54) is 4.68 Å². The lowest BCUT2D eigenvalue weighted by molar-refractivity contribution is -0.121. The number of hydrogen-bond donors (Lipinski definition) is 1. The van der Waals surface area contributed by atoms with E-state index in [0.29, 0.717) is 36.3 Å². The minimum Gasteiger partial charge on any atom is -0.469 e. The molecule has 4 rings (SSSR count). The van der Waals surface area contributed by atoms with Crippen LogP contribution in [0.1, 0.15) is 37.8 Å². The van der Waals surface area contributed by atoms with Crippen LogP contribution in [-0.2, 0) is 17.8 Å². The van der Waals surface area contributed by atoms with Crippen LogP contribution in [0.3, 0.4) is 0 Å². The lowest BCUT2D eigenvalue weighted by Crippen LogP contribution is -2.33. The molecule has 0 bridgehead atoms. The number of carbonyl (C=O) groups excluding carboxylic acids is 1. The fourth-order valence-electron chi connectivity index (χ4n) is 3.60. The molecule has 4 heterocycles. The van der Waals surface area contributed by atoms with Crippen LogP contribution in [0.15, 0.2) is 50.4 Å². The SMILES string of the molecule is Cc1nn(CCCC(=O)NC(C)CCc2ccco2)c(=O)c2cc3occc3n12. The number of rotatable bonds is 8. The molecule has 1 atom stereocenters. The van der Waals surface area contributed by atoms with Gasteiger partial charge in [0.15, 0.2) is 5.58 Å². The van der Waals surface area contributed by atoms with Crippen molar-refractivity contribution in [3.63, 3.8) is 0 Å². The molecule has 0 spiro atoms. The fraction of sp³-hybridized carbons (Fsp3) is 0.381. The molecule has 0 saturated heterocycles. The standard InChI is InChI=1S/C21H24N4O4/c1-14(7-8-16-5-4-11-28-16)22-20(26)6-3-10-24-21(27)18-13-19-17(9-12-29-19)25(18)15(2)23-24/h4-5,9,11-14H,3,6-8,10H2,1-2H3,(H,22,26). The van der Waals surface area contributed by atoms with Gasteiger partial charge in [-0.3, -0.25) is 14.0 Å². The Balaban J connectivity index is 1.33. The summed E-state index contributed by atoms with van der Waals surface area (Å²) in [5.41, 5.74) is 1.84. The molecule has 0 aliphatic heterocycles. The number of nitrogens with one attached hydrogen (secondary N) is 1. The number of amides is 1.